The van der Waals surface area contributed by atoms with E-state index in [2.05, 4.69) is 42.8 Å². The Hall–Kier alpha value is -3.54. The number of hydrogen-bond donors (Lipinski definition) is 1. The number of ether oxygens (including phenoxy) is 1. The average Bonchev–Trinajstić information content (AvgIpc) is 3.35. The molecule has 4 rings (SSSR count). The molecule has 6 nitrogen and oxygen atoms in total. The molecule has 166 valence electrons. The van der Waals surface area contributed by atoms with Gasteiger partial charge in [0.25, 0.3) is 0 Å². The van der Waals surface area contributed by atoms with Crippen LogP contribution in [-0.2, 0) is 9.59 Å². The fourth-order valence-electron chi connectivity index (χ4n) is 4.09. The van der Waals surface area contributed by atoms with Gasteiger partial charge < -0.3 is 19.5 Å². The molecule has 0 saturated carbocycles. The van der Waals surface area contributed by atoms with Gasteiger partial charge in [-0.2, -0.15) is 0 Å². The highest BCUT2D eigenvalue weighted by Crippen LogP contribution is 2.28. The van der Waals surface area contributed by atoms with Crippen molar-refractivity contribution in [1.82, 2.24) is 4.57 Å². The van der Waals surface area contributed by atoms with E-state index in [1.165, 1.54) is 0 Å². The normalized spacial score (nSPS) is 15.8. The van der Waals surface area contributed by atoms with Crippen molar-refractivity contribution in [3.63, 3.8) is 0 Å². The number of amides is 2. The molecule has 3 aromatic rings. The van der Waals surface area contributed by atoms with Gasteiger partial charge in [-0.05, 0) is 80.9 Å². The van der Waals surface area contributed by atoms with E-state index in [-0.39, 0.29) is 24.2 Å². The van der Waals surface area contributed by atoms with E-state index >= 15 is 0 Å². The van der Waals surface area contributed by atoms with Gasteiger partial charge in [0.05, 0.1) is 12.5 Å². The summed E-state index contributed by atoms with van der Waals surface area (Å²) in [6, 6.07) is 19.4. The van der Waals surface area contributed by atoms with Crippen LogP contribution in [-0.4, -0.2) is 29.5 Å². The van der Waals surface area contributed by atoms with Crippen LogP contribution in [0.5, 0.6) is 5.75 Å². The molecule has 0 bridgehead atoms. The van der Waals surface area contributed by atoms with Gasteiger partial charge in [0.15, 0.2) is 0 Å². The maximum Gasteiger partial charge on any atom is 0.229 e. The van der Waals surface area contributed by atoms with E-state index in [0.717, 1.165) is 40.6 Å². The minimum Gasteiger partial charge on any atom is -0.494 e. The Morgan fingerprint density at radius 3 is 2.22 bits per heavy atom. The first-order valence-corrected chi connectivity index (χ1v) is 11.1. The van der Waals surface area contributed by atoms with E-state index in [0.29, 0.717) is 13.2 Å². The predicted molar refractivity (Wildman–Crippen MR) is 127 cm³/mol. The SMILES string of the molecule is CCCOc1ccc(N2C[C@@H](C(=O)Nc3ccc(-n4c(C)ccc4C)cc3)CC2=O)cc1. The summed E-state index contributed by atoms with van der Waals surface area (Å²) in [6.07, 6.45) is 1.15. The summed E-state index contributed by atoms with van der Waals surface area (Å²) in [4.78, 5) is 27.0. The maximum absolute atomic E-state index is 12.8. The molecule has 1 N–H and O–H groups in total. The topological polar surface area (TPSA) is 63.6 Å². The van der Waals surface area contributed by atoms with Crippen molar-refractivity contribution in [2.75, 3.05) is 23.4 Å². The number of rotatable bonds is 7. The molecule has 6 heteroatoms. The van der Waals surface area contributed by atoms with Gasteiger partial charge in [-0.25, -0.2) is 0 Å². The Morgan fingerprint density at radius 2 is 1.59 bits per heavy atom. The Labute approximate surface area is 188 Å². The molecule has 1 aliphatic rings. The summed E-state index contributed by atoms with van der Waals surface area (Å²) in [5.74, 6) is 0.225. The molecular weight excluding hydrogens is 402 g/mol. The average molecular weight is 432 g/mol. The van der Waals surface area contributed by atoms with Gasteiger partial charge in [-0.15, -0.1) is 0 Å². The molecule has 1 fully saturated rings. The first-order chi connectivity index (χ1) is 15.5. The highest BCUT2D eigenvalue weighted by atomic mass is 16.5. The first-order valence-electron chi connectivity index (χ1n) is 11.1. The third kappa shape index (κ3) is 4.54. The Bertz CT molecular complexity index is 1080. The Kier molecular flexibility index (Phi) is 6.30. The number of aromatic nitrogens is 1. The zero-order valence-corrected chi connectivity index (χ0v) is 18.8. The van der Waals surface area contributed by atoms with Crippen LogP contribution in [0.4, 0.5) is 11.4 Å². The number of benzene rings is 2. The predicted octanol–water partition coefficient (Wildman–Crippen LogP) is 4.87. The van der Waals surface area contributed by atoms with E-state index < -0.39 is 0 Å². The summed E-state index contributed by atoms with van der Waals surface area (Å²) in [5.41, 5.74) is 4.89. The zero-order chi connectivity index (χ0) is 22.7. The van der Waals surface area contributed by atoms with Crippen LogP contribution in [0.1, 0.15) is 31.2 Å². The third-order valence-electron chi connectivity index (χ3n) is 5.78. The molecule has 0 aliphatic carbocycles. The Balaban J connectivity index is 1.38. The first kappa shape index (κ1) is 21.7. The van der Waals surface area contributed by atoms with Gasteiger partial charge in [-0.1, -0.05) is 6.92 Å². The van der Waals surface area contributed by atoms with Crippen molar-refractivity contribution < 1.29 is 14.3 Å². The smallest absolute Gasteiger partial charge is 0.229 e. The molecule has 0 unspecified atom stereocenters. The summed E-state index contributed by atoms with van der Waals surface area (Å²) in [5, 5.41) is 2.96. The van der Waals surface area contributed by atoms with Gasteiger partial charge in [-0.3, -0.25) is 9.59 Å². The fraction of sp³-hybridized carbons (Fsp3) is 0.308. The molecule has 2 aromatic carbocycles. The van der Waals surface area contributed by atoms with Crippen LogP contribution in [0, 0.1) is 19.8 Å². The van der Waals surface area contributed by atoms with Crippen molar-refractivity contribution in [2.45, 2.75) is 33.6 Å². The van der Waals surface area contributed by atoms with Crippen LogP contribution in [0.15, 0.2) is 60.7 Å². The molecule has 1 atom stereocenters. The lowest BCUT2D eigenvalue weighted by molar-refractivity contribution is -0.122. The molecule has 0 spiro atoms. The molecule has 1 aliphatic heterocycles. The van der Waals surface area contributed by atoms with Crippen molar-refractivity contribution in [3.8, 4) is 11.4 Å². The number of aryl methyl sites for hydroxylation is 2. The highest BCUT2D eigenvalue weighted by molar-refractivity contribution is 6.03. The number of anilines is 2. The van der Waals surface area contributed by atoms with E-state index in [1.807, 2.05) is 48.5 Å². The zero-order valence-electron chi connectivity index (χ0n) is 18.8. The van der Waals surface area contributed by atoms with E-state index in [1.54, 1.807) is 4.90 Å². The second-order valence-electron chi connectivity index (χ2n) is 8.24. The second kappa shape index (κ2) is 9.30. The molecule has 1 aromatic heterocycles. The molecule has 32 heavy (non-hydrogen) atoms. The van der Waals surface area contributed by atoms with Crippen LogP contribution < -0.4 is 15.0 Å². The number of carbonyl (C=O) groups excluding carboxylic acids is 2. The van der Waals surface area contributed by atoms with Crippen molar-refractivity contribution in [1.29, 1.82) is 0 Å². The monoisotopic (exact) mass is 431 g/mol. The molecule has 0 radical (unpaired) electrons. The summed E-state index contributed by atoms with van der Waals surface area (Å²) < 4.78 is 7.77. The molecule has 2 amide bonds. The van der Waals surface area contributed by atoms with Crippen LogP contribution in [0.25, 0.3) is 5.69 Å². The molecule has 1 saturated heterocycles. The number of carbonyl (C=O) groups is 2. The minimum atomic E-state index is -0.382. The van der Waals surface area contributed by atoms with Crippen LogP contribution in [0.3, 0.4) is 0 Å². The van der Waals surface area contributed by atoms with E-state index in [4.69, 9.17) is 4.74 Å². The lowest BCUT2D eigenvalue weighted by atomic mass is 10.1. The number of nitrogens with zero attached hydrogens (tertiary/aromatic N) is 2. The molecule has 2 heterocycles. The third-order valence-corrected chi connectivity index (χ3v) is 5.78. The van der Waals surface area contributed by atoms with Gasteiger partial charge in [0.1, 0.15) is 5.75 Å². The van der Waals surface area contributed by atoms with Crippen molar-refractivity contribution >= 4 is 23.2 Å². The summed E-state index contributed by atoms with van der Waals surface area (Å²) >= 11 is 0. The molecular formula is C26H29N3O3. The van der Waals surface area contributed by atoms with Crippen LogP contribution >= 0.6 is 0 Å². The van der Waals surface area contributed by atoms with Gasteiger partial charge in [0, 0.05) is 41.4 Å². The summed E-state index contributed by atoms with van der Waals surface area (Å²) in [7, 11) is 0. The summed E-state index contributed by atoms with van der Waals surface area (Å²) in [6.45, 7) is 7.23. The van der Waals surface area contributed by atoms with Gasteiger partial charge >= 0.3 is 0 Å². The minimum absolute atomic E-state index is 0.0405. The van der Waals surface area contributed by atoms with E-state index in [9.17, 15) is 9.59 Å². The van der Waals surface area contributed by atoms with Crippen LogP contribution in [0.2, 0.25) is 0 Å². The maximum atomic E-state index is 12.8. The highest BCUT2D eigenvalue weighted by Gasteiger charge is 2.35. The number of nitrogens with one attached hydrogen (secondary N) is 1. The lowest BCUT2D eigenvalue weighted by Gasteiger charge is -2.17. The van der Waals surface area contributed by atoms with Crippen molar-refractivity contribution in [2.24, 2.45) is 5.92 Å². The largest absolute Gasteiger partial charge is 0.494 e. The van der Waals surface area contributed by atoms with Crippen molar-refractivity contribution in [3.05, 3.63) is 72.1 Å². The lowest BCUT2D eigenvalue weighted by Crippen LogP contribution is -2.28. The quantitative estimate of drug-likeness (QED) is 0.580. The van der Waals surface area contributed by atoms with Gasteiger partial charge in [0.2, 0.25) is 11.8 Å². The number of hydrogen-bond acceptors (Lipinski definition) is 3. The standard InChI is InChI=1S/C26H29N3O3/c1-4-15-32-24-13-11-22(12-14-24)28-17-20(16-25(28)30)26(31)27-21-7-9-23(10-8-21)29-18(2)5-6-19(29)3/h5-14,20H,4,15-17H2,1-3H3,(H,27,31)/t20-/m0/s1. The second-order valence-corrected chi connectivity index (χ2v) is 8.24. The Morgan fingerprint density at radius 1 is 0.969 bits per heavy atom. The fourth-order valence-corrected chi connectivity index (χ4v) is 4.09.